The Hall–Kier alpha value is -2.56. The number of hydrogen-bond donors (Lipinski definition) is 1. The van der Waals surface area contributed by atoms with Crippen LogP contribution in [0.2, 0.25) is 0 Å². The summed E-state index contributed by atoms with van der Waals surface area (Å²) >= 11 is 7.32. The van der Waals surface area contributed by atoms with Crippen LogP contribution in [0.15, 0.2) is 23.6 Å². The molecule has 178 valence electrons. The molecule has 1 N–H and O–H groups in total. The lowest BCUT2D eigenvalue weighted by Crippen LogP contribution is -2.27. The molecule has 0 atom stereocenters. The van der Waals surface area contributed by atoms with Gasteiger partial charge < -0.3 is 10.1 Å². The third-order valence-corrected chi connectivity index (χ3v) is 6.15. The molecular weight excluding hydrogens is 467 g/mol. The van der Waals surface area contributed by atoms with Crippen LogP contribution in [0.1, 0.15) is 37.1 Å². The second-order valence-electron chi connectivity index (χ2n) is 7.82. The molecule has 2 heterocycles. The summed E-state index contributed by atoms with van der Waals surface area (Å²) in [5.41, 5.74) is 0.895. The molecule has 0 saturated heterocycles. The van der Waals surface area contributed by atoms with Gasteiger partial charge in [0.2, 0.25) is 0 Å². The summed E-state index contributed by atoms with van der Waals surface area (Å²) in [5.74, 6) is 1.12. The molecule has 3 rings (SSSR count). The van der Waals surface area contributed by atoms with Crippen molar-refractivity contribution in [1.29, 1.82) is 0 Å². The van der Waals surface area contributed by atoms with Crippen LogP contribution < -0.4 is 10.1 Å². The number of benzene rings is 1. The molecule has 3 aromatic rings. The van der Waals surface area contributed by atoms with Crippen molar-refractivity contribution in [3.8, 4) is 22.3 Å². The topological polar surface area (TPSA) is 85.2 Å². The Morgan fingerprint density at radius 2 is 2.15 bits per heavy atom. The van der Waals surface area contributed by atoms with Crippen molar-refractivity contribution in [2.24, 2.45) is 5.92 Å². The number of nitrogens with zero attached hydrogens (tertiary/aromatic N) is 5. The van der Waals surface area contributed by atoms with Gasteiger partial charge in [-0.1, -0.05) is 20.8 Å². The zero-order valence-corrected chi connectivity index (χ0v) is 20.7. The Morgan fingerprint density at radius 1 is 1.36 bits per heavy atom. The third kappa shape index (κ3) is 6.07. The predicted molar refractivity (Wildman–Crippen MR) is 128 cm³/mol. The number of thiazole rings is 1. The number of carbonyl (C=O) groups is 1. The number of carbonyl (C=O) groups excluding carboxylic acids is 1. The highest BCUT2D eigenvalue weighted by Crippen LogP contribution is 2.32. The van der Waals surface area contributed by atoms with E-state index >= 15 is 0 Å². The number of aromatic nitrogens is 4. The van der Waals surface area contributed by atoms with E-state index in [0.717, 1.165) is 6.54 Å². The summed E-state index contributed by atoms with van der Waals surface area (Å²) < 4.78 is 21.0. The Kier molecular flexibility index (Phi) is 8.76. The van der Waals surface area contributed by atoms with E-state index in [4.69, 9.17) is 16.3 Å². The zero-order chi connectivity index (χ0) is 24.0. The van der Waals surface area contributed by atoms with Crippen LogP contribution in [-0.4, -0.2) is 63.3 Å². The van der Waals surface area contributed by atoms with Crippen molar-refractivity contribution < 1.29 is 13.9 Å². The lowest BCUT2D eigenvalue weighted by Gasteiger charge is -2.16. The number of alkyl halides is 1. The number of rotatable bonds is 11. The van der Waals surface area contributed by atoms with Gasteiger partial charge in [-0.2, -0.15) is 0 Å². The van der Waals surface area contributed by atoms with Crippen LogP contribution in [0.3, 0.4) is 0 Å². The van der Waals surface area contributed by atoms with Crippen LogP contribution in [0.4, 0.5) is 4.39 Å². The number of amides is 1. The monoisotopic (exact) mass is 494 g/mol. The van der Waals surface area contributed by atoms with Crippen LogP contribution in [0.5, 0.6) is 5.75 Å². The van der Waals surface area contributed by atoms with Crippen LogP contribution in [-0.2, 0) is 6.42 Å². The normalized spacial score (nSPS) is 11.4. The number of hydrogen-bond acceptors (Lipinski definition) is 7. The quantitative estimate of drug-likeness (QED) is 0.320. The predicted octanol–water partition coefficient (Wildman–Crippen LogP) is 3.99. The summed E-state index contributed by atoms with van der Waals surface area (Å²) in [6.45, 7) is 8.12. The number of methoxy groups -OCH3 is 1. The van der Waals surface area contributed by atoms with Crippen LogP contribution >= 0.6 is 22.9 Å². The Labute approximate surface area is 201 Å². The van der Waals surface area contributed by atoms with Crippen molar-refractivity contribution in [2.45, 2.75) is 27.2 Å². The second-order valence-corrected chi connectivity index (χ2v) is 8.89. The fourth-order valence-corrected chi connectivity index (χ4v) is 4.24. The van der Waals surface area contributed by atoms with E-state index in [0.29, 0.717) is 65.2 Å². The molecule has 1 amide bonds. The molecule has 0 saturated carbocycles. The minimum atomic E-state index is -0.416. The maximum absolute atomic E-state index is 13.8. The van der Waals surface area contributed by atoms with Crippen molar-refractivity contribution in [3.05, 3.63) is 40.9 Å². The lowest BCUT2D eigenvalue weighted by molar-refractivity contribution is 0.0944. The van der Waals surface area contributed by atoms with Crippen molar-refractivity contribution in [1.82, 2.24) is 30.0 Å². The Morgan fingerprint density at radius 3 is 2.82 bits per heavy atom. The van der Waals surface area contributed by atoms with E-state index in [1.807, 2.05) is 20.8 Å². The fourth-order valence-electron chi connectivity index (χ4n) is 3.12. The molecule has 33 heavy (non-hydrogen) atoms. The smallest absolute Gasteiger partial charge is 0.270 e. The highest BCUT2D eigenvalue weighted by Gasteiger charge is 2.22. The summed E-state index contributed by atoms with van der Waals surface area (Å²) in [4.78, 5) is 19.1. The molecular formula is C22H28ClFN6O2S. The number of likely N-dealkylation sites (N-methyl/N-ethyl adjacent to an activating group) is 1. The lowest BCUT2D eigenvalue weighted by atomic mass is 10.2. The van der Waals surface area contributed by atoms with Gasteiger partial charge in [0.1, 0.15) is 23.1 Å². The van der Waals surface area contributed by atoms with E-state index in [9.17, 15) is 9.18 Å². The first-order valence-corrected chi connectivity index (χ1v) is 12.1. The molecule has 0 unspecified atom stereocenters. The molecule has 2 aromatic heterocycles. The molecule has 0 aliphatic rings. The molecule has 0 spiro atoms. The molecule has 0 fully saturated rings. The van der Waals surface area contributed by atoms with Crippen molar-refractivity contribution in [3.63, 3.8) is 0 Å². The second kappa shape index (κ2) is 11.5. The first-order valence-electron chi connectivity index (χ1n) is 10.7. The molecule has 1 aromatic carbocycles. The van der Waals surface area contributed by atoms with Gasteiger partial charge in [-0.25, -0.2) is 9.37 Å². The van der Waals surface area contributed by atoms with Gasteiger partial charge in [-0.3, -0.25) is 14.3 Å². The summed E-state index contributed by atoms with van der Waals surface area (Å²) in [6.07, 6.45) is 0.561. The zero-order valence-electron chi connectivity index (χ0n) is 19.1. The van der Waals surface area contributed by atoms with Gasteiger partial charge in [-0.15, -0.1) is 33.1 Å². The molecule has 0 radical (unpaired) electrons. The van der Waals surface area contributed by atoms with Crippen LogP contribution in [0, 0.1) is 11.7 Å². The van der Waals surface area contributed by atoms with Gasteiger partial charge in [0.15, 0.2) is 11.0 Å². The van der Waals surface area contributed by atoms with E-state index in [1.165, 1.54) is 30.6 Å². The first-order chi connectivity index (χ1) is 15.9. The molecule has 0 bridgehead atoms. The average Bonchev–Trinajstić information content (AvgIpc) is 3.45. The molecule has 11 heteroatoms. The van der Waals surface area contributed by atoms with Gasteiger partial charge in [0.25, 0.3) is 5.91 Å². The molecule has 0 aliphatic heterocycles. The van der Waals surface area contributed by atoms with Gasteiger partial charge >= 0.3 is 0 Å². The van der Waals surface area contributed by atoms with E-state index in [2.05, 4.69) is 25.4 Å². The third-order valence-electron chi connectivity index (χ3n) is 4.99. The summed E-state index contributed by atoms with van der Waals surface area (Å²) in [7, 11) is 1.47. The Bertz CT molecular complexity index is 1080. The van der Waals surface area contributed by atoms with Gasteiger partial charge in [0, 0.05) is 31.0 Å². The highest BCUT2D eigenvalue weighted by atomic mass is 35.5. The number of halogens is 2. The largest absolute Gasteiger partial charge is 0.496 e. The van der Waals surface area contributed by atoms with E-state index < -0.39 is 5.82 Å². The number of ether oxygens (including phenoxy) is 1. The standard InChI is InChI=1S/C22H28ClFN6O2S/c1-5-29(13-23)9-8-19-27-28-20(16-7-6-15(24)10-18(16)32-4)30(19)22-26-17(12-33-22)21(31)25-11-14(2)3/h6-7,10,12,14H,5,8-9,11,13H2,1-4H3,(H,25,31). The van der Waals surface area contributed by atoms with E-state index in [1.54, 1.807) is 16.0 Å². The summed E-state index contributed by atoms with van der Waals surface area (Å²) in [5, 5.41) is 13.9. The maximum Gasteiger partial charge on any atom is 0.270 e. The average molecular weight is 495 g/mol. The fraction of sp³-hybridized carbons (Fsp3) is 0.455. The maximum atomic E-state index is 13.8. The van der Waals surface area contributed by atoms with Gasteiger partial charge in [0.05, 0.1) is 18.7 Å². The number of nitrogens with one attached hydrogen (secondary N) is 1. The van der Waals surface area contributed by atoms with E-state index in [-0.39, 0.29) is 5.91 Å². The Balaban J connectivity index is 2.02. The minimum absolute atomic E-state index is 0.235. The van der Waals surface area contributed by atoms with Crippen LogP contribution in [0.25, 0.3) is 16.5 Å². The van der Waals surface area contributed by atoms with Crippen molar-refractivity contribution >= 4 is 28.8 Å². The van der Waals surface area contributed by atoms with Gasteiger partial charge in [-0.05, 0) is 24.6 Å². The highest BCUT2D eigenvalue weighted by molar-refractivity contribution is 7.12. The SMILES string of the molecule is CCN(CCl)CCc1nnc(-c2ccc(F)cc2OC)n1-c1nc(C(=O)NCC(C)C)cs1. The molecule has 0 aliphatic carbocycles. The minimum Gasteiger partial charge on any atom is -0.496 e. The van der Waals surface area contributed by atoms with Crippen molar-refractivity contribution in [2.75, 3.05) is 32.7 Å². The summed E-state index contributed by atoms with van der Waals surface area (Å²) in [6, 6.07) is 4.64. The molecule has 8 nitrogen and oxygen atoms in total. The first kappa shape index (κ1) is 25.1.